The molecule has 2 rings (SSSR count). The average molecular weight is 316 g/mol. The summed E-state index contributed by atoms with van der Waals surface area (Å²) in [6.45, 7) is 2.65. The summed E-state index contributed by atoms with van der Waals surface area (Å²) in [7, 11) is 1.95. The lowest BCUT2D eigenvalue weighted by Crippen LogP contribution is -2.19. The molecule has 4 heteroatoms. The van der Waals surface area contributed by atoms with Gasteiger partial charge in [0.15, 0.2) is 0 Å². The molecule has 0 aliphatic rings. The van der Waals surface area contributed by atoms with Crippen LogP contribution in [0.25, 0.3) is 0 Å². The van der Waals surface area contributed by atoms with E-state index >= 15 is 0 Å². The maximum atomic E-state index is 9.23. The van der Waals surface area contributed by atoms with Crippen molar-refractivity contribution in [1.29, 1.82) is 5.26 Å². The second-order valence-corrected chi connectivity index (χ2v) is 5.34. The van der Waals surface area contributed by atoms with Gasteiger partial charge in [-0.1, -0.05) is 28.1 Å². The first-order chi connectivity index (χ1) is 9.11. The lowest BCUT2D eigenvalue weighted by molar-refractivity contribution is 0.893. The van der Waals surface area contributed by atoms with E-state index in [1.54, 1.807) is 6.20 Å². The first-order valence-electron chi connectivity index (χ1n) is 5.93. The van der Waals surface area contributed by atoms with Crippen LogP contribution >= 0.6 is 15.9 Å². The Morgan fingerprint density at radius 2 is 1.95 bits per heavy atom. The molecule has 1 aromatic carbocycles. The molecule has 0 fully saturated rings. The molecule has 0 saturated carbocycles. The minimum absolute atomic E-state index is 0.641. The van der Waals surface area contributed by atoms with Crippen molar-refractivity contribution in [3.63, 3.8) is 0 Å². The number of halogens is 1. The predicted molar refractivity (Wildman–Crippen MR) is 79.9 cm³/mol. The third-order valence-electron chi connectivity index (χ3n) is 2.95. The van der Waals surface area contributed by atoms with E-state index in [4.69, 9.17) is 0 Å². The highest BCUT2D eigenvalue weighted by Gasteiger charge is 2.11. The van der Waals surface area contributed by atoms with E-state index in [9.17, 15) is 5.26 Å². The highest BCUT2D eigenvalue weighted by atomic mass is 79.9. The molecule has 0 N–H and O–H groups in total. The zero-order valence-electron chi connectivity index (χ0n) is 10.9. The van der Waals surface area contributed by atoms with Gasteiger partial charge in [0, 0.05) is 24.3 Å². The van der Waals surface area contributed by atoms with E-state index in [0.717, 1.165) is 22.4 Å². The summed E-state index contributed by atoms with van der Waals surface area (Å²) in [5, 5.41) is 9.23. The lowest BCUT2D eigenvalue weighted by Gasteiger charge is -2.20. The second kappa shape index (κ2) is 5.85. The van der Waals surface area contributed by atoms with Crippen molar-refractivity contribution in [3.05, 3.63) is 57.7 Å². The van der Waals surface area contributed by atoms with Crippen LogP contribution in [0.4, 0.5) is 5.82 Å². The average Bonchev–Trinajstić information content (AvgIpc) is 2.41. The number of benzene rings is 1. The fourth-order valence-electron chi connectivity index (χ4n) is 1.91. The van der Waals surface area contributed by atoms with Gasteiger partial charge in [0.1, 0.15) is 11.9 Å². The SMILES string of the molecule is Cc1ccnc(N(C)Cc2ccc(Br)cc2)c1C#N. The van der Waals surface area contributed by atoms with Gasteiger partial charge in [-0.15, -0.1) is 0 Å². The van der Waals surface area contributed by atoms with Gasteiger partial charge in [-0.05, 0) is 36.2 Å². The fourth-order valence-corrected chi connectivity index (χ4v) is 2.17. The van der Waals surface area contributed by atoms with Gasteiger partial charge in [0.2, 0.25) is 0 Å². The highest BCUT2D eigenvalue weighted by molar-refractivity contribution is 9.10. The molecule has 0 saturated heterocycles. The summed E-state index contributed by atoms with van der Waals surface area (Å²) in [6.07, 6.45) is 1.74. The monoisotopic (exact) mass is 315 g/mol. The minimum atomic E-state index is 0.641. The maximum Gasteiger partial charge on any atom is 0.146 e. The predicted octanol–water partition coefficient (Wildman–Crippen LogP) is 3.66. The van der Waals surface area contributed by atoms with Crippen LogP contribution in [-0.2, 0) is 6.54 Å². The normalized spacial score (nSPS) is 10.0. The first-order valence-corrected chi connectivity index (χ1v) is 6.72. The summed E-state index contributed by atoms with van der Waals surface area (Å²) in [5.41, 5.74) is 2.77. The van der Waals surface area contributed by atoms with E-state index in [-0.39, 0.29) is 0 Å². The zero-order chi connectivity index (χ0) is 13.8. The molecule has 1 heterocycles. The van der Waals surface area contributed by atoms with Crippen molar-refractivity contribution >= 4 is 21.7 Å². The third-order valence-corrected chi connectivity index (χ3v) is 3.47. The van der Waals surface area contributed by atoms with Crippen LogP contribution in [0.1, 0.15) is 16.7 Å². The van der Waals surface area contributed by atoms with Crippen LogP contribution in [0.3, 0.4) is 0 Å². The molecule has 0 atom stereocenters. The number of aromatic nitrogens is 1. The smallest absolute Gasteiger partial charge is 0.146 e. The summed E-state index contributed by atoms with van der Waals surface area (Å²) in [4.78, 5) is 6.31. The van der Waals surface area contributed by atoms with Crippen LogP contribution in [0.5, 0.6) is 0 Å². The molecular formula is C15H14BrN3. The number of anilines is 1. The fraction of sp³-hybridized carbons (Fsp3) is 0.200. The van der Waals surface area contributed by atoms with Crippen molar-refractivity contribution in [2.75, 3.05) is 11.9 Å². The Balaban J connectivity index is 2.25. The summed E-state index contributed by atoms with van der Waals surface area (Å²) >= 11 is 3.42. The molecule has 2 aromatic rings. The Bertz CT molecular complexity index is 614. The number of hydrogen-bond donors (Lipinski definition) is 0. The highest BCUT2D eigenvalue weighted by Crippen LogP contribution is 2.21. The Labute approximate surface area is 121 Å². The minimum Gasteiger partial charge on any atom is -0.354 e. The van der Waals surface area contributed by atoms with Crippen molar-refractivity contribution in [1.82, 2.24) is 4.98 Å². The van der Waals surface area contributed by atoms with Gasteiger partial charge in [-0.2, -0.15) is 5.26 Å². The van der Waals surface area contributed by atoms with Gasteiger partial charge in [-0.3, -0.25) is 0 Å². The third kappa shape index (κ3) is 3.12. The Morgan fingerprint density at radius 3 is 2.58 bits per heavy atom. The number of nitriles is 1. The molecule has 0 unspecified atom stereocenters. The Kier molecular flexibility index (Phi) is 4.18. The molecule has 19 heavy (non-hydrogen) atoms. The van der Waals surface area contributed by atoms with Crippen LogP contribution < -0.4 is 4.90 Å². The van der Waals surface area contributed by atoms with Gasteiger partial charge < -0.3 is 4.90 Å². The van der Waals surface area contributed by atoms with Crippen molar-refractivity contribution in [2.45, 2.75) is 13.5 Å². The topological polar surface area (TPSA) is 39.9 Å². The summed E-state index contributed by atoms with van der Waals surface area (Å²) in [5.74, 6) is 0.727. The van der Waals surface area contributed by atoms with Crippen molar-refractivity contribution in [3.8, 4) is 6.07 Å². The Hall–Kier alpha value is -1.86. The van der Waals surface area contributed by atoms with Gasteiger partial charge in [0.25, 0.3) is 0 Å². The molecular weight excluding hydrogens is 302 g/mol. The molecule has 0 aliphatic heterocycles. The molecule has 96 valence electrons. The molecule has 0 spiro atoms. The van der Waals surface area contributed by atoms with E-state index in [1.165, 1.54) is 5.56 Å². The number of nitrogens with zero attached hydrogens (tertiary/aromatic N) is 3. The van der Waals surface area contributed by atoms with Gasteiger partial charge in [0.05, 0.1) is 5.56 Å². The van der Waals surface area contributed by atoms with Crippen molar-refractivity contribution < 1.29 is 0 Å². The standard InChI is InChI=1S/C15H14BrN3/c1-11-7-8-18-15(14(11)9-17)19(2)10-12-3-5-13(16)6-4-12/h3-8H,10H2,1-2H3. The molecule has 0 aliphatic carbocycles. The molecule has 3 nitrogen and oxygen atoms in total. The molecule has 0 radical (unpaired) electrons. The largest absolute Gasteiger partial charge is 0.354 e. The molecule has 1 aromatic heterocycles. The summed E-state index contributed by atoms with van der Waals surface area (Å²) < 4.78 is 1.06. The summed E-state index contributed by atoms with van der Waals surface area (Å²) in [6, 6.07) is 12.2. The van der Waals surface area contributed by atoms with Crippen LogP contribution in [0.2, 0.25) is 0 Å². The lowest BCUT2D eigenvalue weighted by atomic mass is 10.1. The van der Waals surface area contributed by atoms with Gasteiger partial charge >= 0.3 is 0 Å². The molecule has 0 amide bonds. The van der Waals surface area contributed by atoms with E-state index < -0.39 is 0 Å². The number of rotatable bonds is 3. The maximum absolute atomic E-state index is 9.23. The zero-order valence-corrected chi connectivity index (χ0v) is 12.5. The Morgan fingerprint density at radius 1 is 1.26 bits per heavy atom. The quantitative estimate of drug-likeness (QED) is 0.867. The molecule has 0 bridgehead atoms. The van der Waals surface area contributed by atoms with Crippen LogP contribution in [-0.4, -0.2) is 12.0 Å². The van der Waals surface area contributed by atoms with Crippen molar-refractivity contribution in [2.24, 2.45) is 0 Å². The number of aryl methyl sites for hydroxylation is 1. The number of pyridine rings is 1. The first kappa shape index (κ1) is 13.6. The van der Waals surface area contributed by atoms with Crippen LogP contribution in [0, 0.1) is 18.3 Å². The van der Waals surface area contributed by atoms with Gasteiger partial charge in [-0.25, -0.2) is 4.98 Å². The second-order valence-electron chi connectivity index (χ2n) is 4.42. The van der Waals surface area contributed by atoms with E-state index in [1.807, 2.05) is 37.1 Å². The van der Waals surface area contributed by atoms with Crippen LogP contribution in [0.15, 0.2) is 41.0 Å². The number of hydrogen-bond acceptors (Lipinski definition) is 3. The van der Waals surface area contributed by atoms with E-state index in [2.05, 4.69) is 39.1 Å². The van der Waals surface area contributed by atoms with E-state index in [0.29, 0.717) is 5.56 Å².